The number of hydrogen-bond acceptors (Lipinski definition) is 3. The van der Waals surface area contributed by atoms with Gasteiger partial charge in [-0.15, -0.1) is 0 Å². The predicted molar refractivity (Wildman–Crippen MR) is 157 cm³/mol. The van der Waals surface area contributed by atoms with E-state index >= 15 is 0 Å². The average Bonchev–Trinajstić information content (AvgIpc) is 2.97. The summed E-state index contributed by atoms with van der Waals surface area (Å²) in [5.74, 6) is 0.0652. The number of piperidine rings is 1. The molecule has 1 heterocycles. The quantitative estimate of drug-likeness (QED) is 0.278. The highest BCUT2D eigenvalue weighted by molar-refractivity contribution is 5.93. The van der Waals surface area contributed by atoms with E-state index in [1.165, 1.54) is 25.7 Å². The normalized spacial score (nSPS) is 14.2. The number of ether oxygens (including phenoxy) is 1. The van der Waals surface area contributed by atoms with Crippen molar-refractivity contribution in [3.8, 4) is 11.1 Å². The minimum absolute atomic E-state index is 0.0652. The van der Waals surface area contributed by atoms with E-state index in [1.807, 2.05) is 30.1 Å². The van der Waals surface area contributed by atoms with E-state index < -0.39 is 6.10 Å². The molecule has 2 aromatic carbocycles. The van der Waals surface area contributed by atoms with Crippen LogP contribution in [0.4, 0.5) is 10.5 Å². The van der Waals surface area contributed by atoms with Crippen molar-refractivity contribution in [1.82, 2.24) is 10.2 Å². The van der Waals surface area contributed by atoms with Crippen LogP contribution >= 0.6 is 0 Å². The summed E-state index contributed by atoms with van der Waals surface area (Å²) in [6, 6.07) is 16.3. The van der Waals surface area contributed by atoms with Crippen LogP contribution in [0.2, 0.25) is 0 Å². The van der Waals surface area contributed by atoms with Gasteiger partial charge in [-0.1, -0.05) is 82.0 Å². The monoisotopic (exact) mass is 521 g/mol. The lowest BCUT2D eigenvalue weighted by Crippen LogP contribution is -2.44. The number of hydrogen-bond donors (Lipinski definition) is 1. The van der Waals surface area contributed by atoms with Gasteiger partial charge in [0.25, 0.3) is 5.91 Å². The molecule has 1 fully saturated rings. The smallest absolute Gasteiger partial charge is 0.321 e. The molecule has 208 valence electrons. The molecule has 0 bridgehead atoms. The van der Waals surface area contributed by atoms with Crippen LogP contribution < -0.4 is 10.2 Å². The fourth-order valence-corrected chi connectivity index (χ4v) is 5.01. The second kappa shape index (κ2) is 16.2. The molecular formula is C32H47N3O3. The molecule has 0 spiro atoms. The third kappa shape index (κ3) is 8.87. The molecule has 0 saturated carbocycles. The van der Waals surface area contributed by atoms with Gasteiger partial charge in [-0.25, -0.2) is 4.79 Å². The summed E-state index contributed by atoms with van der Waals surface area (Å²) in [4.78, 5) is 30.3. The van der Waals surface area contributed by atoms with Gasteiger partial charge in [0.2, 0.25) is 0 Å². The van der Waals surface area contributed by atoms with Gasteiger partial charge in [0.1, 0.15) is 6.10 Å². The molecule has 1 aliphatic heterocycles. The third-order valence-corrected chi connectivity index (χ3v) is 7.29. The Morgan fingerprint density at radius 2 is 1.66 bits per heavy atom. The molecule has 2 aromatic rings. The van der Waals surface area contributed by atoms with Crippen LogP contribution in [0.25, 0.3) is 11.1 Å². The van der Waals surface area contributed by atoms with Gasteiger partial charge in [-0.2, -0.15) is 0 Å². The molecule has 1 atom stereocenters. The fraction of sp³-hybridized carbons (Fsp3) is 0.562. The molecule has 0 aliphatic carbocycles. The molecule has 6 heteroatoms. The van der Waals surface area contributed by atoms with Gasteiger partial charge in [-0.3, -0.25) is 9.69 Å². The van der Waals surface area contributed by atoms with E-state index in [2.05, 4.69) is 49.5 Å². The Hall–Kier alpha value is -2.86. The van der Waals surface area contributed by atoms with Crippen LogP contribution in [0.5, 0.6) is 0 Å². The number of nitrogens with zero attached hydrogens (tertiary/aromatic N) is 2. The molecule has 3 rings (SSSR count). The fourth-order valence-electron chi connectivity index (χ4n) is 5.01. The predicted octanol–water partition coefficient (Wildman–Crippen LogP) is 6.82. The number of benzene rings is 2. The summed E-state index contributed by atoms with van der Waals surface area (Å²) in [6.45, 7) is 7.06. The Bertz CT molecular complexity index is 989. The Balaban J connectivity index is 1.82. The maximum Gasteiger partial charge on any atom is 0.321 e. The summed E-state index contributed by atoms with van der Waals surface area (Å²) < 4.78 is 6.12. The van der Waals surface area contributed by atoms with Crippen molar-refractivity contribution in [2.24, 2.45) is 0 Å². The number of urea groups is 1. The van der Waals surface area contributed by atoms with Crippen LogP contribution in [-0.2, 0) is 16.0 Å². The molecule has 1 N–H and O–H groups in total. The number of amides is 3. The Labute approximate surface area is 229 Å². The largest absolute Gasteiger partial charge is 0.368 e. The number of nitrogens with one attached hydrogen (secondary N) is 1. The van der Waals surface area contributed by atoms with Crippen molar-refractivity contribution in [3.63, 3.8) is 0 Å². The lowest BCUT2D eigenvalue weighted by Gasteiger charge is -2.31. The SMILES string of the molecule is CCCCCCCNC(=O)N(C)c1cc(-c2ccccc2)ccc1CC(OCCC)C(=O)N1CCCCC1. The second-order valence-electron chi connectivity index (χ2n) is 10.4. The Kier molecular flexibility index (Phi) is 12.6. The molecule has 0 aromatic heterocycles. The minimum atomic E-state index is -0.551. The summed E-state index contributed by atoms with van der Waals surface area (Å²) in [5, 5.41) is 3.09. The van der Waals surface area contributed by atoms with Crippen molar-refractivity contribution in [3.05, 3.63) is 54.1 Å². The molecule has 1 unspecified atom stereocenters. The Morgan fingerprint density at radius 1 is 0.921 bits per heavy atom. The number of rotatable bonds is 14. The Morgan fingerprint density at radius 3 is 2.37 bits per heavy atom. The summed E-state index contributed by atoms with van der Waals surface area (Å²) in [7, 11) is 1.81. The number of likely N-dealkylation sites (tertiary alicyclic amines) is 1. The zero-order valence-corrected chi connectivity index (χ0v) is 23.7. The lowest BCUT2D eigenvalue weighted by atomic mass is 9.98. The first-order valence-corrected chi connectivity index (χ1v) is 14.7. The molecule has 0 radical (unpaired) electrons. The van der Waals surface area contributed by atoms with Crippen LogP contribution in [0.3, 0.4) is 0 Å². The second-order valence-corrected chi connectivity index (χ2v) is 10.4. The highest BCUT2D eigenvalue weighted by atomic mass is 16.5. The van der Waals surface area contributed by atoms with Gasteiger partial charge in [-0.05, 0) is 54.9 Å². The number of carbonyl (C=O) groups is 2. The van der Waals surface area contributed by atoms with Crippen molar-refractivity contribution in [2.75, 3.05) is 38.2 Å². The number of carbonyl (C=O) groups excluding carboxylic acids is 2. The lowest BCUT2D eigenvalue weighted by molar-refractivity contribution is -0.144. The summed E-state index contributed by atoms with van der Waals surface area (Å²) in [6.07, 6.45) is 9.76. The van der Waals surface area contributed by atoms with E-state index in [9.17, 15) is 9.59 Å². The van der Waals surface area contributed by atoms with E-state index in [-0.39, 0.29) is 11.9 Å². The average molecular weight is 522 g/mol. The van der Waals surface area contributed by atoms with Crippen LogP contribution in [0.15, 0.2) is 48.5 Å². The van der Waals surface area contributed by atoms with Gasteiger partial charge in [0.05, 0.1) is 0 Å². The summed E-state index contributed by atoms with van der Waals surface area (Å²) in [5.41, 5.74) is 3.88. The van der Waals surface area contributed by atoms with Gasteiger partial charge in [0.15, 0.2) is 0 Å². The highest BCUT2D eigenvalue weighted by Crippen LogP contribution is 2.30. The molecule has 38 heavy (non-hydrogen) atoms. The zero-order chi connectivity index (χ0) is 27.2. The van der Waals surface area contributed by atoms with Gasteiger partial charge < -0.3 is 15.0 Å². The maximum absolute atomic E-state index is 13.5. The maximum atomic E-state index is 13.5. The van der Waals surface area contributed by atoms with E-state index in [1.54, 1.807) is 4.90 Å². The molecule has 3 amide bonds. The van der Waals surface area contributed by atoms with Gasteiger partial charge in [0, 0.05) is 45.4 Å². The number of unbranched alkanes of at least 4 members (excludes halogenated alkanes) is 4. The molecule has 6 nitrogen and oxygen atoms in total. The first-order chi connectivity index (χ1) is 18.5. The van der Waals surface area contributed by atoms with E-state index in [4.69, 9.17) is 4.74 Å². The first kappa shape index (κ1) is 29.7. The molecule has 1 saturated heterocycles. The molecular weight excluding hydrogens is 474 g/mol. The highest BCUT2D eigenvalue weighted by Gasteiger charge is 2.28. The minimum Gasteiger partial charge on any atom is -0.368 e. The summed E-state index contributed by atoms with van der Waals surface area (Å²) >= 11 is 0. The van der Waals surface area contributed by atoms with Crippen molar-refractivity contribution in [1.29, 1.82) is 0 Å². The van der Waals surface area contributed by atoms with E-state index in [0.717, 1.165) is 67.6 Å². The topological polar surface area (TPSA) is 61.9 Å². The number of anilines is 1. The van der Waals surface area contributed by atoms with Crippen molar-refractivity contribution in [2.45, 2.75) is 84.2 Å². The van der Waals surface area contributed by atoms with E-state index in [0.29, 0.717) is 19.6 Å². The first-order valence-electron chi connectivity index (χ1n) is 14.7. The van der Waals surface area contributed by atoms with Crippen LogP contribution in [-0.4, -0.2) is 56.2 Å². The van der Waals surface area contributed by atoms with Crippen LogP contribution in [0.1, 0.15) is 77.2 Å². The van der Waals surface area contributed by atoms with Gasteiger partial charge >= 0.3 is 6.03 Å². The van der Waals surface area contributed by atoms with Crippen molar-refractivity contribution < 1.29 is 14.3 Å². The third-order valence-electron chi connectivity index (χ3n) is 7.29. The van der Waals surface area contributed by atoms with Crippen molar-refractivity contribution >= 4 is 17.6 Å². The standard InChI is InChI=1S/C32H47N3O3/c1-4-6-7-8-13-20-33-32(37)34(3)29-24-27(26-16-11-9-12-17-26)18-19-28(29)25-30(38-23-5-2)31(36)35-21-14-10-15-22-35/h9,11-12,16-19,24,30H,4-8,10,13-15,20-23,25H2,1-3H3,(H,33,37). The molecule has 1 aliphatic rings. The zero-order valence-electron chi connectivity index (χ0n) is 23.7. The van der Waals surface area contributed by atoms with Crippen LogP contribution in [0, 0.1) is 0 Å².